The average molecular weight is 315 g/mol. The van der Waals surface area contributed by atoms with Crippen molar-refractivity contribution in [3.8, 4) is 0 Å². The maximum atomic E-state index is 12.5. The number of carbonyl (C=O) groups is 2. The van der Waals surface area contributed by atoms with Gasteiger partial charge in [0, 0.05) is 18.7 Å². The van der Waals surface area contributed by atoms with Gasteiger partial charge in [0.15, 0.2) is 0 Å². The lowest BCUT2D eigenvalue weighted by Gasteiger charge is -2.24. The lowest BCUT2D eigenvalue weighted by molar-refractivity contribution is -0.125. The standard InChI is InChI=1S/C14H16Cl2N2O2/c1-2-3-12-14(20)18(7-6-13(19)17-12)9-4-5-10(15)11(16)8-9/h4-5,8,12H,2-3,6-7H2,1H3,(H,17,19). The second kappa shape index (κ2) is 6.46. The Balaban J connectivity index is 2.30. The number of anilines is 1. The molecule has 1 fully saturated rings. The molecular weight excluding hydrogens is 299 g/mol. The molecule has 20 heavy (non-hydrogen) atoms. The molecule has 0 saturated carbocycles. The van der Waals surface area contributed by atoms with E-state index in [4.69, 9.17) is 23.2 Å². The van der Waals surface area contributed by atoms with Crippen molar-refractivity contribution in [3.63, 3.8) is 0 Å². The van der Waals surface area contributed by atoms with E-state index in [0.29, 0.717) is 28.7 Å². The van der Waals surface area contributed by atoms with Crippen molar-refractivity contribution in [1.29, 1.82) is 0 Å². The summed E-state index contributed by atoms with van der Waals surface area (Å²) in [5.74, 6) is -0.199. The fraction of sp³-hybridized carbons (Fsp3) is 0.429. The molecule has 0 radical (unpaired) electrons. The monoisotopic (exact) mass is 314 g/mol. The third-order valence-corrected chi connectivity index (χ3v) is 3.99. The van der Waals surface area contributed by atoms with Gasteiger partial charge in [-0.3, -0.25) is 9.59 Å². The van der Waals surface area contributed by atoms with Gasteiger partial charge in [-0.2, -0.15) is 0 Å². The van der Waals surface area contributed by atoms with Gasteiger partial charge in [-0.05, 0) is 24.6 Å². The maximum absolute atomic E-state index is 12.5. The van der Waals surface area contributed by atoms with Crippen LogP contribution in [0.4, 0.5) is 5.69 Å². The Hall–Kier alpha value is -1.26. The van der Waals surface area contributed by atoms with Crippen LogP contribution in [0.2, 0.25) is 10.0 Å². The Morgan fingerprint density at radius 3 is 2.70 bits per heavy atom. The number of rotatable bonds is 3. The second-order valence-corrected chi connectivity index (χ2v) is 5.56. The Morgan fingerprint density at radius 1 is 1.30 bits per heavy atom. The third-order valence-electron chi connectivity index (χ3n) is 3.25. The van der Waals surface area contributed by atoms with Crippen LogP contribution in [0.1, 0.15) is 26.2 Å². The number of carbonyl (C=O) groups excluding carboxylic acids is 2. The molecule has 2 rings (SSSR count). The molecule has 2 amide bonds. The van der Waals surface area contributed by atoms with E-state index in [-0.39, 0.29) is 18.2 Å². The summed E-state index contributed by atoms with van der Waals surface area (Å²) in [6.45, 7) is 2.33. The molecule has 1 atom stereocenters. The van der Waals surface area contributed by atoms with Crippen LogP contribution >= 0.6 is 23.2 Å². The minimum Gasteiger partial charge on any atom is -0.344 e. The minimum atomic E-state index is -0.468. The van der Waals surface area contributed by atoms with E-state index >= 15 is 0 Å². The highest BCUT2D eigenvalue weighted by atomic mass is 35.5. The Morgan fingerprint density at radius 2 is 2.05 bits per heavy atom. The Labute approximate surface area is 128 Å². The third kappa shape index (κ3) is 3.25. The van der Waals surface area contributed by atoms with Crippen LogP contribution in [-0.2, 0) is 9.59 Å². The van der Waals surface area contributed by atoms with Crippen LogP contribution in [0.15, 0.2) is 18.2 Å². The largest absolute Gasteiger partial charge is 0.344 e. The molecule has 1 aliphatic heterocycles. The van der Waals surface area contributed by atoms with E-state index in [1.807, 2.05) is 6.92 Å². The van der Waals surface area contributed by atoms with Gasteiger partial charge in [0.2, 0.25) is 11.8 Å². The number of benzene rings is 1. The van der Waals surface area contributed by atoms with Gasteiger partial charge < -0.3 is 10.2 Å². The van der Waals surface area contributed by atoms with E-state index in [0.717, 1.165) is 6.42 Å². The van der Waals surface area contributed by atoms with Crippen LogP contribution in [-0.4, -0.2) is 24.4 Å². The van der Waals surface area contributed by atoms with Crippen LogP contribution < -0.4 is 10.2 Å². The highest BCUT2D eigenvalue weighted by Gasteiger charge is 2.30. The summed E-state index contributed by atoms with van der Waals surface area (Å²) in [7, 11) is 0. The van der Waals surface area contributed by atoms with Gasteiger partial charge >= 0.3 is 0 Å². The first kappa shape index (κ1) is 15.1. The summed E-state index contributed by atoms with van der Waals surface area (Å²) in [5.41, 5.74) is 0.669. The fourth-order valence-corrected chi connectivity index (χ4v) is 2.53. The SMILES string of the molecule is CCCC1NC(=O)CCN(c2ccc(Cl)c(Cl)c2)C1=O. The van der Waals surface area contributed by atoms with E-state index in [9.17, 15) is 9.59 Å². The molecule has 0 aromatic heterocycles. The van der Waals surface area contributed by atoms with Crippen molar-refractivity contribution in [2.75, 3.05) is 11.4 Å². The molecule has 1 unspecified atom stereocenters. The molecule has 1 N–H and O–H groups in total. The molecule has 6 heteroatoms. The predicted molar refractivity (Wildman–Crippen MR) is 80.3 cm³/mol. The number of halogens is 2. The summed E-state index contributed by atoms with van der Waals surface area (Å²) in [6, 6.07) is 4.58. The van der Waals surface area contributed by atoms with E-state index < -0.39 is 6.04 Å². The molecule has 1 saturated heterocycles. The zero-order valence-electron chi connectivity index (χ0n) is 11.2. The van der Waals surface area contributed by atoms with Crippen molar-refractivity contribution < 1.29 is 9.59 Å². The molecule has 1 aromatic carbocycles. The number of nitrogens with one attached hydrogen (secondary N) is 1. The van der Waals surface area contributed by atoms with Gasteiger partial charge in [0.05, 0.1) is 10.0 Å². The molecule has 108 valence electrons. The highest BCUT2D eigenvalue weighted by molar-refractivity contribution is 6.42. The van der Waals surface area contributed by atoms with Gasteiger partial charge in [0.25, 0.3) is 0 Å². The maximum Gasteiger partial charge on any atom is 0.249 e. The highest BCUT2D eigenvalue weighted by Crippen LogP contribution is 2.28. The second-order valence-electron chi connectivity index (χ2n) is 4.75. The molecular formula is C14H16Cl2N2O2. The molecule has 0 bridgehead atoms. The van der Waals surface area contributed by atoms with E-state index in [1.165, 1.54) is 0 Å². The first-order chi connectivity index (χ1) is 9.52. The lowest BCUT2D eigenvalue weighted by Crippen LogP contribution is -2.44. The number of hydrogen-bond donors (Lipinski definition) is 1. The summed E-state index contributed by atoms with van der Waals surface area (Å²) in [5, 5.41) is 3.60. The van der Waals surface area contributed by atoms with Crippen LogP contribution in [0.5, 0.6) is 0 Å². The lowest BCUT2D eigenvalue weighted by atomic mass is 10.1. The first-order valence-electron chi connectivity index (χ1n) is 6.58. The van der Waals surface area contributed by atoms with Crippen molar-refractivity contribution in [1.82, 2.24) is 5.32 Å². The Bertz CT molecular complexity index is 534. The zero-order chi connectivity index (χ0) is 14.7. The van der Waals surface area contributed by atoms with Gasteiger partial charge in [0.1, 0.15) is 6.04 Å². The van der Waals surface area contributed by atoms with Gasteiger partial charge in [-0.25, -0.2) is 0 Å². The van der Waals surface area contributed by atoms with Crippen LogP contribution in [0.3, 0.4) is 0 Å². The quantitative estimate of drug-likeness (QED) is 0.932. The van der Waals surface area contributed by atoms with Gasteiger partial charge in [-0.15, -0.1) is 0 Å². The minimum absolute atomic E-state index is 0.0978. The predicted octanol–water partition coefficient (Wildman–Crippen LogP) is 3.02. The van der Waals surface area contributed by atoms with Gasteiger partial charge in [-0.1, -0.05) is 36.5 Å². The fourth-order valence-electron chi connectivity index (χ4n) is 2.23. The summed E-state index contributed by atoms with van der Waals surface area (Å²) in [4.78, 5) is 25.8. The van der Waals surface area contributed by atoms with Crippen molar-refractivity contribution in [2.45, 2.75) is 32.2 Å². The summed E-state index contributed by atoms with van der Waals surface area (Å²) < 4.78 is 0. The molecule has 1 aliphatic rings. The molecule has 0 aliphatic carbocycles. The molecule has 1 heterocycles. The molecule has 0 spiro atoms. The number of amides is 2. The number of nitrogens with zero attached hydrogens (tertiary/aromatic N) is 1. The van der Waals surface area contributed by atoms with Crippen LogP contribution in [0, 0.1) is 0 Å². The molecule has 4 nitrogen and oxygen atoms in total. The summed E-state index contributed by atoms with van der Waals surface area (Å²) in [6.07, 6.45) is 1.74. The zero-order valence-corrected chi connectivity index (χ0v) is 12.7. The van der Waals surface area contributed by atoms with E-state index in [2.05, 4.69) is 5.32 Å². The normalized spacial score (nSPS) is 19.8. The van der Waals surface area contributed by atoms with E-state index in [1.54, 1.807) is 23.1 Å². The van der Waals surface area contributed by atoms with Crippen molar-refractivity contribution >= 4 is 40.7 Å². The topological polar surface area (TPSA) is 49.4 Å². The number of hydrogen-bond acceptors (Lipinski definition) is 2. The van der Waals surface area contributed by atoms with Crippen molar-refractivity contribution in [3.05, 3.63) is 28.2 Å². The Kier molecular flexibility index (Phi) is 4.89. The average Bonchev–Trinajstić information content (AvgIpc) is 2.54. The van der Waals surface area contributed by atoms with Crippen LogP contribution in [0.25, 0.3) is 0 Å². The molecule has 1 aromatic rings. The van der Waals surface area contributed by atoms with Crippen molar-refractivity contribution in [2.24, 2.45) is 0 Å². The smallest absolute Gasteiger partial charge is 0.249 e. The first-order valence-corrected chi connectivity index (χ1v) is 7.34. The summed E-state index contributed by atoms with van der Waals surface area (Å²) >= 11 is 11.9.